The van der Waals surface area contributed by atoms with E-state index in [1.54, 1.807) is 7.05 Å². The molecule has 0 aliphatic heterocycles. The summed E-state index contributed by atoms with van der Waals surface area (Å²) in [5.41, 5.74) is 5.53. The van der Waals surface area contributed by atoms with Gasteiger partial charge in [-0.2, -0.15) is 18.3 Å². The van der Waals surface area contributed by atoms with Crippen LogP contribution in [-0.4, -0.2) is 33.3 Å². The number of carbonyl (C=O) groups excluding carboxylic acids is 1. The van der Waals surface area contributed by atoms with Gasteiger partial charge in [-0.25, -0.2) is 9.67 Å². The van der Waals surface area contributed by atoms with Crippen molar-refractivity contribution >= 4 is 5.91 Å². The minimum Gasteiger partial charge on any atom is -0.458 e. The first-order valence-electron chi connectivity index (χ1n) is 8.38. The van der Waals surface area contributed by atoms with Gasteiger partial charge in [0, 0.05) is 25.7 Å². The number of aryl methyl sites for hydroxylation is 1. The number of hydrogen-bond donors (Lipinski definition) is 2. The van der Waals surface area contributed by atoms with Crippen LogP contribution in [0.1, 0.15) is 21.7 Å². The van der Waals surface area contributed by atoms with Gasteiger partial charge < -0.3 is 15.5 Å². The van der Waals surface area contributed by atoms with Gasteiger partial charge in [-0.15, -0.1) is 0 Å². The Balaban J connectivity index is 1.73. The number of nitrogens with two attached hydrogens (primary N) is 1. The first-order valence-corrected chi connectivity index (χ1v) is 8.38. The van der Waals surface area contributed by atoms with Crippen molar-refractivity contribution < 1.29 is 22.4 Å². The van der Waals surface area contributed by atoms with Crippen molar-refractivity contribution in [3.63, 3.8) is 0 Å². The van der Waals surface area contributed by atoms with Crippen molar-refractivity contribution in [3.05, 3.63) is 59.8 Å². The maximum absolute atomic E-state index is 13.2. The summed E-state index contributed by atoms with van der Waals surface area (Å²) in [6.45, 7) is -0.0330. The highest BCUT2D eigenvalue weighted by Gasteiger charge is 2.33. The van der Waals surface area contributed by atoms with E-state index in [1.165, 1.54) is 41.5 Å². The van der Waals surface area contributed by atoms with Crippen molar-refractivity contribution in [1.29, 1.82) is 0 Å². The fourth-order valence-electron chi connectivity index (χ4n) is 2.82. The number of alkyl halides is 3. The first-order chi connectivity index (χ1) is 13.3. The molecular formula is C18H18F3N5O2. The monoisotopic (exact) mass is 393 g/mol. The van der Waals surface area contributed by atoms with Crippen LogP contribution in [0, 0.1) is 0 Å². The summed E-state index contributed by atoms with van der Waals surface area (Å²) >= 11 is 0. The molecule has 0 fully saturated rings. The van der Waals surface area contributed by atoms with E-state index in [1.807, 2.05) is 0 Å². The predicted molar refractivity (Wildman–Crippen MR) is 94.2 cm³/mol. The SMILES string of the molecule is Cn1ncnc1-c1coc(C(=O)NC(CN)Cc2ccccc2C(F)(F)F)c1. The van der Waals surface area contributed by atoms with Gasteiger partial charge in [0.25, 0.3) is 5.91 Å². The zero-order valence-electron chi connectivity index (χ0n) is 14.9. The molecule has 2 aromatic heterocycles. The molecule has 28 heavy (non-hydrogen) atoms. The highest BCUT2D eigenvalue weighted by atomic mass is 19.4. The Labute approximate surface area is 158 Å². The molecular weight excluding hydrogens is 375 g/mol. The second kappa shape index (κ2) is 7.85. The van der Waals surface area contributed by atoms with Crippen LogP contribution in [0.25, 0.3) is 11.4 Å². The second-order valence-corrected chi connectivity index (χ2v) is 6.17. The summed E-state index contributed by atoms with van der Waals surface area (Å²) in [6, 6.07) is 6.00. The fourth-order valence-corrected chi connectivity index (χ4v) is 2.82. The number of hydrogen-bond acceptors (Lipinski definition) is 5. The van der Waals surface area contributed by atoms with Crippen molar-refractivity contribution in [3.8, 4) is 11.4 Å². The summed E-state index contributed by atoms with van der Waals surface area (Å²) in [5.74, 6) is -0.0637. The van der Waals surface area contributed by atoms with Gasteiger partial charge in [0.15, 0.2) is 11.6 Å². The lowest BCUT2D eigenvalue weighted by atomic mass is 9.99. The molecule has 2 heterocycles. The second-order valence-electron chi connectivity index (χ2n) is 6.17. The molecule has 0 bridgehead atoms. The molecule has 3 rings (SSSR count). The molecule has 10 heteroatoms. The predicted octanol–water partition coefficient (Wildman–Crippen LogP) is 2.39. The molecule has 0 radical (unpaired) electrons. The van der Waals surface area contributed by atoms with E-state index in [4.69, 9.17) is 10.2 Å². The van der Waals surface area contributed by atoms with Gasteiger partial charge in [0.05, 0.1) is 11.1 Å². The summed E-state index contributed by atoms with van der Waals surface area (Å²) < 4.78 is 46.2. The summed E-state index contributed by atoms with van der Waals surface area (Å²) in [6.07, 6.45) is -1.82. The van der Waals surface area contributed by atoms with Crippen LogP contribution < -0.4 is 11.1 Å². The number of carbonyl (C=O) groups is 1. The molecule has 0 saturated heterocycles. The largest absolute Gasteiger partial charge is 0.458 e. The Kier molecular flexibility index (Phi) is 5.50. The van der Waals surface area contributed by atoms with Crippen LogP contribution in [-0.2, 0) is 19.6 Å². The van der Waals surface area contributed by atoms with Gasteiger partial charge in [0.2, 0.25) is 0 Å². The van der Waals surface area contributed by atoms with Gasteiger partial charge in [0.1, 0.15) is 12.6 Å². The molecule has 148 valence electrons. The van der Waals surface area contributed by atoms with Crippen molar-refractivity contribution in [2.45, 2.75) is 18.6 Å². The number of benzene rings is 1. The van der Waals surface area contributed by atoms with Crippen LogP contribution in [0.2, 0.25) is 0 Å². The Morgan fingerprint density at radius 1 is 1.36 bits per heavy atom. The average molecular weight is 393 g/mol. The van der Waals surface area contributed by atoms with Crippen molar-refractivity contribution in [2.24, 2.45) is 12.8 Å². The summed E-state index contributed by atoms with van der Waals surface area (Å²) in [4.78, 5) is 16.5. The highest BCUT2D eigenvalue weighted by molar-refractivity contribution is 5.92. The zero-order valence-corrected chi connectivity index (χ0v) is 14.9. The third-order valence-corrected chi connectivity index (χ3v) is 4.20. The minimum absolute atomic E-state index is 0.000515. The smallest absolute Gasteiger partial charge is 0.416 e. The van der Waals surface area contributed by atoms with Gasteiger partial charge in [-0.3, -0.25) is 4.79 Å². The lowest BCUT2D eigenvalue weighted by molar-refractivity contribution is -0.138. The average Bonchev–Trinajstić information content (AvgIpc) is 3.29. The Morgan fingerprint density at radius 2 is 2.11 bits per heavy atom. The van der Waals surface area contributed by atoms with E-state index in [-0.39, 0.29) is 24.3 Å². The number of amides is 1. The van der Waals surface area contributed by atoms with Gasteiger partial charge in [-0.1, -0.05) is 18.2 Å². The Bertz CT molecular complexity index is 964. The van der Waals surface area contributed by atoms with Crippen LogP contribution >= 0.6 is 0 Å². The standard InChI is InChI=1S/C18H18F3N5O2/c1-26-16(23-10-24-26)12-7-15(28-9-12)17(27)25-13(8-22)6-11-4-2-3-5-14(11)18(19,20)21/h2-5,7,9-10,13H,6,8,22H2,1H3,(H,25,27). The van der Waals surface area contributed by atoms with Crippen LogP contribution in [0.15, 0.2) is 47.3 Å². The third-order valence-electron chi connectivity index (χ3n) is 4.20. The van der Waals surface area contributed by atoms with Crippen molar-refractivity contribution in [2.75, 3.05) is 6.54 Å². The highest BCUT2D eigenvalue weighted by Crippen LogP contribution is 2.32. The van der Waals surface area contributed by atoms with E-state index in [9.17, 15) is 18.0 Å². The molecule has 0 saturated carbocycles. The first kappa shape index (κ1) is 19.6. The quantitative estimate of drug-likeness (QED) is 0.670. The van der Waals surface area contributed by atoms with Crippen LogP contribution in [0.3, 0.4) is 0 Å². The minimum atomic E-state index is -4.48. The molecule has 7 nitrogen and oxygen atoms in total. The Hall–Kier alpha value is -3.14. The summed E-state index contributed by atoms with van der Waals surface area (Å²) in [7, 11) is 1.69. The number of aromatic nitrogens is 3. The number of nitrogens with zero attached hydrogens (tertiary/aromatic N) is 3. The van der Waals surface area contributed by atoms with Gasteiger partial charge >= 0.3 is 6.18 Å². The van der Waals surface area contributed by atoms with Gasteiger partial charge in [-0.05, 0) is 18.1 Å². The molecule has 1 unspecified atom stereocenters. The van der Waals surface area contributed by atoms with E-state index in [0.29, 0.717) is 11.4 Å². The lowest BCUT2D eigenvalue weighted by Gasteiger charge is -2.19. The van der Waals surface area contributed by atoms with Crippen molar-refractivity contribution in [1.82, 2.24) is 20.1 Å². The maximum Gasteiger partial charge on any atom is 0.416 e. The Morgan fingerprint density at radius 3 is 2.75 bits per heavy atom. The van der Waals surface area contributed by atoms with E-state index in [2.05, 4.69) is 15.4 Å². The normalized spacial score (nSPS) is 12.8. The molecule has 0 spiro atoms. The maximum atomic E-state index is 13.2. The van der Waals surface area contributed by atoms with E-state index in [0.717, 1.165) is 6.07 Å². The molecule has 1 amide bonds. The molecule has 3 N–H and O–H groups in total. The number of nitrogens with one attached hydrogen (secondary N) is 1. The molecule has 0 aliphatic rings. The van der Waals surface area contributed by atoms with Crippen LogP contribution in [0.5, 0.6) is 0 Å². The molecule has 3 aromatic rings. The fraction of sp³-hybridized carbons (Fsp3) is 0.278. The topological polar surface area (TPSA) is 99.0 Å². The summed E-state index contributed by atoms with van der Waals surface area (Å²) in [5, 5.41) is 6.55. The third kappa shape index (κ3) is 4.22. The van der Waals surface area contributed by atoms with Crippen LogP contribution in [0.4, 0.5) is 13.2 Å². The number of furan rings is 1. The molecule has 0 aliphatic carbocycles. The zero-order chi connectivity index (χ0) is 20.3. The number of rotatable bonds is 6. The van der Waals surface area contributed by atoms with E-state index < -0.39 is 23.7 Å². The number of halogens is 3. The molecule has 1 atom stereocenters. The molecule has 1 aromatic carbocycles. The lowest BCUT2D eigenvalue weighted by Crippen LogP contribution is -2.42. The van der Waals surface area contributed by atoms with E-state index >= 15 is 0 Å².